The highest BCUT2D eigenvalue weighted by atomic mass is 15.3. The number of hydrogen-bond acceptors (Lipinski definition) is 4. The first-order chi connectivity index (χ1) is 10.4. The SMILES string of the molecule is C(=N\Nc1ccc(-c2ccncc2)cc1)/c1ccncc1. The molecule has 1 N–H and O–H groups in total. The monoisotopic (exact) mass is 274 g/mol. The van der Waals surface area contributed by atoms with Gasteiger partial charge in [-0.05, 0) is 53.1 Å². The highest BCUT2D eigenvalue weighted by molar-refractivity contribution is 5.79. The maximum absolute atomic E-state index is 4.20. The largest absolute Gasteiger partial charge is 0.279 e. The van der Waals surface area contributed by atoms with Crippen LogP contribution in [0.15, 0.2) is 78.4 Å². The van der Waals surface area contributed by atoms with Gasteiger partial charge in [0.25, 0.3) is 0 Å². The predicted molar refractivity (Wildman–Crippen MR) is 85.1 cm³/mol. The first-order valence-corrected chi connectivity index (χ1v) is 6.61. The third-order valence-corrected chi connectivity index (χ3v) is 3.01. The van der Waals surface area contributed by atoms with E-state index in [1.165, 1.54) is 0 Å². The van der Waals surface area contributed by atoms with Crippen molar-refractivity contribution in [3.8, 4) is 11.1 Å². The quantitative estimate of drug-likeness (QED) is 0.584. The zero-order valence-electron chi connectivity index (χ0n) is 11.3. The molecule has 0 saturated heterocycles. The molecule has 3 aromatic rings. The molecule has 4 nitrogen and oxygen atoms in total. The van der Waals surface area contributed by atoms with Gasteiger partial charge in [-0.15, -0.1) is 0 Å². The average molecular weight is 274 g/mol. The van der Waals surface area contributed by atoms with E-state index in [2.05, 4.69) is 32.6 Å². The summed E-state index contributed by atoms with van der Waals surface area (Å²) in [6, 6.07) is 15.9. The van der Waals surface area contributed by atoms with E-state index in [0.717, 1.165) is 22.4 Å². The standard InChI is InChI=1S/C17H14N4/c1-3-17(21-20-13-14-5-9-18-10-6-14)4-2-15(1)16-7-11-19-12-8-16/h1-13,21H/b20-13+. The van der Waals surface area contributed by atoms with Crippen LogP contribution >= 0.6 is 0 Å². The van der Waals surface area contributed by atoms with Crippen molar-refractivity contribution in [3.05, 3.63) is 78.9 Å². The maximum atomic E-state index is 4.20. The Balaban J connectivity index is 1.66. The van der Waals surface area contributed by atoms with Crippen molar-refractivity contribution in [1.82, 2.24) is 9.97 Å². The second-order valence-corrected chi connectivity index (χ2v) is 4.46. The van der Waals surface area contributed by atoms with Crippen molar-refractivity contribution in [2.75, 3.05) is 5.43 Å². The minimum Gasteiger partial charge on any atom is -0.279 e. The molecular formula is C17H14N4. The van der Waals surface area contributed by atoms with Gasteiger partial charge in [-0.2, -0.15) is 5.10 Å². The van der Waals surface area contributed by atoms with E-state index in [4.69, 9.17) is 0 Å². The number of anilines is 1. The van der Waals surface area contributed by atoms with E-state index < -0.39 is 0 Å². The number of aromatic nitrogens is 2. The van der Waals surface area contributed by atoms with Crippen LogP contribution in [-0.2, 0) is 0 Å². The van der Waals surface area contributed by atoms with Gasteiger partial charge >= 0.3 is 0 Å². The summed E-state index contributed by atoms with van der Waals surface area (Å²) in [5.74, 6) is 0. The van der Waals surface area contributed by atoms with Crippen LogP contribution < -0.4 is 5.43 Å². The third kappa shape index (κ3) is 3.51. The molecule has 0 fully saturated rings. The third-order valence-electron chi connectivity index (χ3n) is 3.01. The molecule has 2 heterocycles. The molecule has 4 heteroatoms. The second kappa shape index (κ2) is 6.43. The van der Waals surface area contributed by atoms with Gasteiger partial charge in [0, 0.05) is 24.8 Å². The molecule has 1 aromatic carbocycles. The molecule has 0 saturated carbocycles. The van der Waals surface area contributed by atoms with Crippen LogP contribution in [-0.4, -0.2) is 16.2 Å². The molecule has 0 bridgehead atoms. The zero-order chi connectivity index (χ0) is 14.3. The Bertz CT molecular complexity index is 707. The fourth-order valence-electron chi connectivity index (χ4n) is 1.91. The molecule has 0 amide bonds. The number of nitrogens with one attached hydrogen (secondary N) is 1. The van der Waals surface area contributed by atoms with Crippen molar-refractivity contribution in [2.45, 2.75) is 0 Å². The fraction of sp³-hybridized carbons (Fsp3) is 0. The Morgan fingerprint density at radius 3 is 1.95 bits per heavy atom. The molecule has 21 heavy (non-hydrogen) atoms. The van der Waals surface area contributed by atoms with Crippen molar-refractivity contribution >= 4 is 11.9 Å². The average Bonchev–Trinajstić information content (AvgIpc) is 2.57. The Morgan fingerprint density at radius 2 is 1.29 bits per heavy atom. The molecule has 0 aliphatic rings. The second-order valence-electron chi connectivity index (χ2n) is 4.46. The lowest BCUT2D eigenvalue weighted by Crippen LogP contribution is -1.90. The number of rotatable bonds is 4. The Hall–Kier alpha value is -3.01. The molecule has 0 spiro atoms. The van der Waals surface area contributed by atoms with Crippen molar-refractivity contribution < 1.29 is 0 Å². The molecule has 0 aliphatic heterocycles. The first-order valence-electron chi connectivity index (χ1n) is 6.61. The van der Waals surface area contributed by atoms with E-state index in [1.54, 1.807) is 31.0 Å². The minimum atomic E-state index is 0.943. The Labute approximate surface area is 123 Å². The van der Waals surface area contributed by atoms with Gasteiger partial charge in [0.05, 0.1) is 11.9 Å². The van der Waals surface area contributed by atoms with E-state index in [0.29, 0.717) is 0 Å². The maximum Gasteiger partial charge on any atom is 0.0562 e. The minimum absolute atomic E-state index is 0.943. The summed E-state index contributed by atoms with van der Waals surface area (Å²) in [6.45, 7) is 0. The van der Waals surface area contributed by atoms with E-state index in [-0.39, 0.29) is 0 Å². The lowest BCUT2D eigenvalue weighted by molar-refractivity contribution is 1.31. The zero-order valence-corrected chi connectivity index (χ0v) is 11.3. The number of benzene rings is 1. The molecular weight excluding hydrogens is 260 g/mol. The van der Waals surface area contributed by atoms with Crippen LogP contribution in [0.25, 0.3) is 11.1 Å². The van der Waals surface area contributed by atoms with E-state index in [1.807, 2.05) is 36.4 Å². The normalized spacial score (nSPS) is 10.7. The van der Waals surface area contributed by atoms with Gasteiger partial charge < -0.3 is 0 Å². The highest BCUT2D eigenvalue weighted by Gasteiger charge is 1.96. The van der Waals surface area contributed by atoms with Gasteiger partial charge in [-0.3, -0.25) is 15.4 Å². The number of nitrogens with zero attached hydrogens (tertiary/aromatic N) is 3. The van der Waals surface area contributed by atoms with Gasteiger partial charge in [0.2, 0.25) is 0 Å². The fourth-order valence-corrected chi connectivity index (χ4v) is 1.91. The van der Waals surface area contributed by atoms with Crippen LogP contribution in [0.2, 0.25) is 0 Å². The highest BCUT2D eigenvalue weighted by Crippen LogP contribution is 2.20. The molecule has 0 aliphatic carbocycles. The number of hydrogen-bond donors (Lipinski definition) is 1. The summed E-state index contributed by atoms with van der Waals surface area (Å²) >= 11 is 0. The molecule has 3 rings (SSSR count). The molecule has 0 radical (unpaired) electrons. The van der Waals surface area contributed by atoms with E-state index in [9.17, 15) is 0 Å². The van der Waals surface area contributed by atoms with E-state index >= 15 is 0 Å². The number of hydrazone groups is 1. The first kappa shape index (κ1) is 13.0. The Morgan fingerprint density at radius 1 is 0.714 bits per heavy atom. The van der Waals surface area contributed by atoms with Crippen LogP contribution in [0.4, 0.5) is 5.69 Å². The predicted octanol–water partition coefficient (Wildman–Crippen LogP) is 3.59. The molecule has 0 unspecified atom stereocenters. The van der Waals surface area contributed by atoms with Crippen molar-refractivity contribution in [3.63, 3.8) is 0 Å². The van der Waals surface area contributed by atoms with Crippen LogP contribution in [0, 0.1) is 0 Å². The van der Waals surface area contributed by atoms with Gasteiger partial charge in [0.15, 0.2) is 0 Å². The van der Waals surface area contributed by atoms with Gasteiger partial charge in [-0.25, -0.2) is 0 Å². The Kier molecular flexibility index (Phi) is 3.98. The summed E-state index contributed by atoms with van der Waals surface area (Å²) < 4.78 is 0. The van der Waals surface area contributed by atoms with Crippen LogP contribution in [0.3, 0.4) is 0 Å². The summed E-state index contributed by atoms with van der Waals surface area (Å²) in [6.07, 6.45) is 8.83. The van der Waals surface area contributed by atoms with Gasteiger partial charge in [0.1, 0.15) is 0 Å². The summed E-state index contributed by atoms with van der Waals surface area (Å²) in [4.78, 5) is 7.99. The van der Waals surface area contributed by atoms with Crippen molar-refractivity contribution in [1.29, 1.82) is 0 Å². The lowest BCUT2D eigenvalue weighted by atomic mass is 10.1. The lowest BCUT2D eigenvalue weighted by Gasteiger charge is -2.03. The smallest absolute Gasteiger partial charge is 0.0562 e. The van der Waals surface area contributed by atoms with Crippen LogP contribution in [0.1, 0.15) is 5.56 Å². The summed E-state index contributed by atoms with van der Waals surface area (Å²) in [5, 5.41) is 4.20. The molecule has 102 valence electrons. The molecule has 2 aromatic heterocycles. The summed E-state index contributed by atoms with van der Waals surface area (Å²) in [7, 11) is 0. The van der Waals surface area contributed by atoms with Gasteiger partial charge in [-0.1, -0.05) is 12.1 Å². The van der Waals surface area contributed by atoms with Crippen LogP contribution in [0.5, 0.6) is 0 Å². The topological polar surface area (TPSA) is 50.2 Å². The van der Waals surface area contributed by atoms with Crippen molar-refractivity contribution in [2.24, 2.45) is 5.10 Å². The summed E-state index contributed by atoms with van der Waals surface area (Å²) in [5.41, 5.74) is 7.26. The number of pyridine rings is 2. The molecule has 0 atom stereocenters.